The van der Waals surface area contributed by atoms with E-state index in [9.17, 15) is 24.6 Å². The minimum absolute atomic E-state index is 0.0172. The van der Waals surface area contributed by atoms with Crippen molar-refractivity contribution >= 4 is 17.7 Å². The van der Waals surface area contributed by atoms with E-state index in [0.717, 1.165) is 5.56 Å². The van der Waals surface area contributed by atoms with E-state index >= 15 is 0 Å². The quantitative estimate of drug-likeness (QED) is 0.780. The second-order valence-corrected chi connectivity index (χ2v) is 6.49. The number of hydrogen-bond acceptors (Lipinski definition) is 5. The van der Waals surface area contributed by atoms with E-state index < -0.39 is 17.7 Å². The molecule has 0 bridgehead atoms. The molecular formula is C19H16O5-2. The molecule has 0 radical (unpaired) electrons. The van der Waals surface area contributed by atoms with Crippen molar-refractivity contribution in [3.63, 3.8) is 0 Å². The summed E-state index contributed by atoms with van der Waals surface area (Å²) in [5.41, 5.74) is 0.490. The molecule has 0 aliphatic rings. The molecule has 0 atom stereocenters. The number of hydrogen-bond donors (Lipinski definition) is 0. The number of aromatic carboxylic acids is 2. The third-order valence-electron chi connectivity index (χ3n) is 3.73. The van der Waals surface area contributed by atoms with Crippen molar-refractivity contribution in [3.8, 4) is 0 Å². The molecule has 0 N–H and O–H groups in total. The van der Waals surface area contributed by atoms with E-state index in [0.29, 0.717) is 0 Å². The average molecular weight is 324 g/mol. The highest BCUT2D eigenvalue weighted by atomic mass is 16.4. The average Bonchev–Trinajstić information content (AvgIpc) is 2.52. The normalized spacial score (nSPS) is 11.1. The van der Waals surface area contributed by atoms with Gasteiger partial charge in [-0.05, 0) is 22.6 Å². The van der Waals surface area contributed by atoms with Gasteiger partial charge in [-0.1, -0.05) is 57.2 Å². The molecule has 0 saturated heterocycles. The topological polar surface area (TPSA) is 97.3 Å². The molecule has 2 aromatic carbocycles. The van der Waals surface area contributed by atoms with Crippen molar-refractivity contribution in [2.24, 2.45) is 0 Å². The number of ketones is 1. The Balaban J connectivity index is 2.54. The van der Waals surface area contributed by atoms with Gasteiger partial charge in [-0.2, -0.15) is 0 Å². The van der Waals surface area contributed by atoms with Crippen LogP contribution < -0.4 is 10.2 Å². The standard InChI is InChI=1S/C19H18O5/c1-19(2,3)13-8-9-14(18(23)24)15(10-13)16(20)11-4-6-12(7-5-11)17(21)22/h4-10H,1-3H3,(H,21,22)(H,23,24)/p-2. The van der Waals surface area contributed by atoms with Crippen LogP contribution in [-0.2, 0) is 5.41 Å². The fourth-order valence-electron chi connectivity index (χ4n) is 2.29. The van der Waals surface area contributed by atoms with E-state index in [1.807, 2.05) is 20.8 Å². The first-order valence-corrected chi connectivity index (χ1v) is 7.33. The molecule has 5 nitrogen and oxygen atoms in total. The van der Waals surface area contributed by atoms with E-state index in [1.165, 1.54) is 30.3 Å². The first-order valence-electron chi connectivity index (χ1n) is 7.33. The predicted octanol–water partition coefficient (Wildman–Crippen LogP) is 0.942. The molecule has 0 fully saturated rings. The minimum atomic E-state index is -1.44. The monoisotopic (exact) mass is 324 g/mol. The van der Waals surface area contributed by atoms with Gasteiger partial charge in [0.15, 0.2) is 5.78 Å². The minimum Gasteiger partial charge on any atom is -0.545 e. The van der Waals surface area contributed by atoms with Crippen molar-refractivity contribution in [2.75, 3.05) is 0 Å². The first-order chi connectivity index (χ1) is 11.1. The van der Waals surface area contributed by atoms with Gasteiger partial charge in [-0.3, -0.25) is 4.79 Å². The lowest BCUT2D eigenvalue weighted by molar-refractivity contribution is -0.256. The maximum atomic E-state index is 12.7. The van der Waals surface area contributed by atoms with E-state index in [4.69, 9.17) is 0 Å². The van der Waals surface area contributed by atoms with Gasteiger partial charge in [0, 0.05) is 16.7 Å². The Hall–Kier alpha value is -2.95. The number of rotatable bonds is 4. The molecule has 0 aromatic heterocycles. The van der Waals surface area contributed by atoms with Crippen molar-refractivity contribution in [1.82, 2.24) is 0 Å². The molecule has 0 unspecified atom stereocenters. The molecule has 0 aliphatic heterocycles. The summed E-state index contributed by atoms with van der Waals surface area (Å²) in [5, 5.41) is 22.1. The number of carbonyl (C=O) groups excluding carboxylic acids is 3. The predicted molar refractivity (Wildman–Crippen MR) is 83.7 cm³/mol. The van der Waals surface area contributed by atoms with Crippen LogP contribution in [-0.4, -0.2) is 17.7 Å². The summed E-state index contributed by atoms with van der Waals surface area (Å²) < 4.78 is 0. The van der Waals surface area contributed by atoms with Gasteiger partial charge in [-0.15, -0.1) is 0 Å². The maximum Gasteiger partial charge on any atom is 0.193 e. The zero-order chi connectivity index (χ0) is 18.1. The van der Waals surface area contributed by atoms with Crippen molar-refractivity contribution in [3.05, 3.63) is 70.3 Å². The largest absolute Gasteiger partial charge is 0.545 e. The van der Waals surface area contributed by atoms with Gasteiger partial charge in [0.2, 0.25) is 0 Å². The second-order valence-electron chi connectivity index (χ2n) is 6.49. The summed E-state index contributed by atoms with van der Waals surface area (Å²) in [6.07, 6.45) is 0. The summed E-state index contributed by atoms with van der Waals surface area (Å²) in [7, 11) is 0. The highest BCUT2D eigenvalue weighted by molar-refractivity contribution is 6.14. The third kappa shape index (κ3) is 3.51. The van der Waals surface area contributed by atoms with Gasteiger partial charge in [-0.25, -0.2) is 0 Å². The van der Waals surface area contributed by atoms with Gasteiger partial charge >= 0.3 is 0 Å². The van der Waals surface area contributed by atoms with Crippen LogP contribution in [0.3, 0.4) is 0 Å². The lowest BCUT2D eigenvalue weighted by Gasteiger charge is -2.21. The Labute approximate surface area is 139 Å². The van der Waals surface area contributed by atoms with Crippen LogP contribution in [0, 0.1) is 0 Å². The van der Waals surface area contributed by atoms with E-state index in [2.05, 4.69) is 0 Å². The summed E-state index contributed by atoms with van der Waals surface area (Å²) in [5.74, 6) is -3.30. The summed E-state index contributed by atoms with van der Waals surface area (Å²) in [6.45, 7) is 5.85. The molecule has 124 valence electrons. The van der Waals surface area contributed by atoms with Crippen molar-refractivity contribution in [1.29, 1.82) is 0 Å². The lowest BCUT2D eigenvalue weighted by Crippen LogP contribution is -2.26. The molecule has 0 spiro atoms. The number of carboxylic acids is 2. The van der Waals surface area contributed by atoms with E-state index in [-0.39, 0.29) is 27.7 Å². The van der Waals surface area contributed by atoms with Crippen molar-refractivity contribution < 1.29 is 24.6 Å². The summed E-state index contributed by atoms with van der Waals surface area (Å²) in [6, 6.07) is 9.70. The molecule has 0 aliphatic carbocycles. The van der Waals surface area contributed by atoms with Crippen molar-refractivity contribution in [2.45, 2.75) is 26.2 Å². The van der Waals surface area contributed by atoms with Crippen LogP contribution in [0.25, 0.3) is 0 Å². The highest BCUT2D eigenvalue weighted by Crippen LogP contribution is 2.26. The van der Waals surface area contributed by atoms with Crippen LogP contribution in [0.2, 0.25) is 0 Å². The molecule has 0 amide bonds. The smallest absolute Gasteiger partial charge is 0.193 e. The maximum absolute atomic E-state index is 12.7. The van der Waals surface area contributed by atoms with E-state index in [1.54, 1.807) is 12.1 Å². The fraction of sp³-hybridized carbons (Fsp3) is 0.211. The molecule has 0 saturated carbocycles. The van der Waals surface area contributed by atoms with Crippen LogP contribution in [0.5, 0.6) is 0 Å². The van der Waals surface area contributed by atoms with Crippen LogP contribution in [0.1, 0.15) is 63.0 Å². The molecule has 24 heavy (non-hydrogen) atoms. The third-order valence-corrected chi connectivity index (χ3v) is 3.73. The number of carboxylic acid groups (broad SMARTS) is 2. The highest BCUT2D eigenvalue weighted by Gasteiger charge is 2.20. The van der Waals surface area contributed by atoms with Crippen LogP contribution in [0.15, 0.2) is 42.5 Å². The Morgan fingerprint density at radius 3 is 1.75 bits per heavy atom. The van der Waals surface area contributed by atoms with Crippen LogP contribution in [0.4, 0.5) is 0 Å². The van der Waals surface area contributed by atoms with Gasteiger partial charge in [0.05, 0.1) is 11.9 Å². The Bertz CT molecular complexity index is 811. The fourth-order valence-corrected chi connectivity index (χ4v) is 2.29. The number of carbonyl (C=O) groups is 3. The second kappa shape index (κ2) is 6.28. The Kier molecular flexibility index (Phi) is 4.55. The lowest BCUT2D eigenvalue weighted by atomic mass is 9.84. The zero-order valence-electron chi connectivity index (χ0n) is 13.6. The first kappa shape index (κ1) is 17.4. The molecular weight excluding hydrogens is 308 g/mol. The van der Waals surface area contributed by atoms with Gasteiger partial charge < -0.3 is 19.8 Å². The molecule has 2 rings (SSSR count). The molecule has 0 heterocycles. The number of benzene rings is 2. The molecule has 2 aromatic rings. The molecule has 5 heteroatoms. The van der Waals surface area contributed by atoms with Gasteiger partial charge in [0.1, 0.15) is 0 Å². The summed E-state index contributed by atoms with van der Waals surface area (Å²) >= 11 is 0. The zero-order valence-corrected chi connectivity index (χ0v) is 13.6. The Morgan fingerprint density at radius 1 is 0.750 bits per heavy atom. The van der Waals surface area contributed by atoms with Crippen LogP contribution >= 0.6 is 0 Å². The summed E-state index contributed by atoms with van der Waals surface area (Å²) in [4.78, 5) is 34.8. The SMILES string of the molecule is CC(C)(C)c1ccc(C(=O)[O-])c(C(=O)c2ccc(C(=O)[O-])cc2)c1. The Morgan fingerprint density at radius 2 is 1.29 bits per heavy atom. The van der Waals surface area contributed by atoms with Gasteiger partial charge in [0.25, 0.3) is 0 Å².